The summed E-state index contributed by atoms with van der Waals surface area (Å²) in [6.07, 6.45) is 0. The quantitative estimate of drug-likeness (QED) is 0.897. The molecule has 1 aliphatic rings. The number of hydrogen-bond donors (Lipinski definition) is 1. The van der Waals surface area contributed by atoms with Crippen molar-refractivity contribution in [2.24, 2.45) is 0 Å². The smallest absolute Gasteiger partial charge is 0.262 e. The number of nitrogens with one attached hydrogen (secondary N) is 1. The molecule has 0 radical (unpaired) electrons. The third-order valence-electron chi connectivity index (χ3n) is 4.87. The van der Waals surface area contributed by atoms with E-state index in [0.717, 1.165) is 48.9 Å². The molecular formula is C21H27N3O2. The first-order valence-corrected chi connectivity index (χ1v) is 9.05. The van der Waals surface area contributed by atoms with Crippen LogP contribution in [-0.2, 0) is 4.79 Å². The molecule has 3 rings (SSSR count). The molecule has 2 aromatic carbocycles. The number of hydrogen-bond acceptors (Lipinski definition) is 4. The first-order valence-electron chi connectivity index (χ1n) is 9.05. The van der Waals surface area contributed by atoms with E-state index in [1.165, 1.54) is 5.56 Å². The SMILES string of the molecule is Cc1ccc(OCC(=O)Nc2ccccc2N2CCN(C)CC2)cc1C. The topological polar surface area (TPSA) is 44.8 Å². The van der Waals surface area contributed by atoms with E-state index in [1.807, 2.05) is 43.3 Å². The van der Waals surface area contributed by atoms with Crippen LogP contribution in [0.15, 0.2) is 42.5 Å². The monoisotopic (exact) mass is 353 g/mol. The Morgan fingerprint density at radius 1 is 1.04 bits per heavy atom. The number of amides is 1. The van der Waals surface area contributed by atoms with Gasteiger partial charge in [-0.15, -0.1) is 0 Å². The Morgan fingerprint density at radius 2 is 1.77 bits per heavy atom. The van der Waals surface area contributed by atoms with Gasteiger partial charge >= 0.3 is 0 Å². The normalized spacial score (nSPS) is 15.0. The van der Waals surface area contributed by atoms with Gasteiger partial charge in [0.25, 0.3) is 5.91 Å². The minimum absolute atomic E-state index is 0.000424. The molecule has 1 amide bonds. The number of nitrogens with zero attached hydrogens (tertiary/aromatic N) is 2. The fourth-order valence-electron chi connectivity index (χ4n) is 3.04. The third kappa shape index (κ3) is 4.55. The second kappa shape index (κ2) is 8.23. The number of para-hydroxylation sites is 2. The van der Waals surface area contributed by atoms with E-state index < -0.39 is 0 Å². The minimum atomic E-state index is -0.148. The van der Waals surface area contributed by atoms with Gasteiger partial charge in [0.05, 0.1) is 11.4 Å². The van der Waals surface area contributed by atoms with Crippen LogP contribution in [0.3, 0.4) is 0 Å². The van der Waals surface area contributed by atoms with Gasteiger partial charge in [0.15, 0.2) is 6.61 Å². The van der Waals surface area contributed by atoms with Crippen LogP contribution in [0.25, 0.3) is 0 Å². The highest BCUT2D eigenvalue weighted by atomic mass is 16.5. The highest BCUT2D eigenvalue weighted by Gasteiger charge is 2.17. The third-order valence-corrected chi connectivity index (χ3v) is 4.87. The van der Waals surface area contributed by atoms with Crippen LogP contribution in [0.4, 0.5) is 11.4 Å². The average Bonchev–Trinajstić information content (AvgIpc) is 2.64. The van der Waals surface area contributed by atoms with Crippen LogP contribution >= 0.6 is 0 Å². The molecule has 0 saturated carbocycles. The maximum atomic E-state index is 12.4. The second-order valence-corrected chi connectivity index (χ2v) is 6.89. The summed E-state index contributed by atoms with van der Waals surface area (Å²) in [4.78, 5) is 17.0. The van der Waals surface area contributed by atoms with E-state index in [0.29, 0.717) is 0 Å². The number of benzene rings is 2. The highest BCUT2D eigenvalue weighted by Crippen LogP contribution is 2.26. The molecule has 1 heterocycles. The zero-order chi connectivity index (χ0) is 18.5. The molecule has 0 spiro atoms. The van der Waals surface area contributed by atoms with Gasteiger partial charge < -0.3 is 19.9 Å². The van der Waals surface area contributed by atoms with Crippen LogP contribution in [-0.4, -0.2) is 50.6 Å². The molecule has 0 aliphatic carbocycles. The van der Waals surface area contributed by atoms with Crippen molar-refractivity contribution >= 4 is 17.3 Å². The summed E-state index contributed by atoms with van der Waals surface area (Å²) in [6.45, 7) is 8.07. The van der Waals surface area contributed by atoms with Crippen LogP contribution < -0.4 is 15.0 Å². The molecule has 0 unspecified atom stereocenters. The van der Waals surface area contributed by atoms with Crippen molar-refractivity contribution in [2.45, 2.75) is 13.8 Å². The molecule has 1 aliphatic heterocycles. The molecule has 1 N–H and O–H groups in total. The molecular weight excluding hydrogens is 326 g/mol. The summed E-state index contributed by atoms with van der Waals surface area (Å²) in [6, 6.07) is 13.8. The summed E-state index contributed by atoms with van der Waals surface area (Å²) in [5.74, 6) is 0.570. The molecule has 0 atom stereocenters. The lowest BCUT2D eigenvalue weighted by molar-refractivity contribution is -0.118. The summed E-state index contributed by atoms with van der Waals surface area (Å²) in [5, 5.41) is 3.00. The largest absolute Gasteiger partial charge is 0.484 e. The first kappa shape index (κ1) is 18.3. The maximum Gasteiger partial charge on any atom is 0.262 e. The Kier molecular flexibility index (Phi) is 5.78. The zero-order valence-electron chi connectivity index (χ0n) is 15.8. The van der Waals surface area contributed by atoms with Crippen LogP contribution in [0.2, 0.25) is 0 Å². The van der Waals surface area contributed by atoms with E-state index in [4.69, 9.17) is 4.74 Å². The fraction of sp³-hybridized carbons (Fsp3) is 0.381. The van der Waals surface area contributed by atoms with Gasteiger partial charge in [-0.3, -0.25) is 4.79 Å². The van der Waals surface area contributed by atoms with Crippen molar-refractivity contribution in [1.82, 2.24) is 4.90 Å². The molecule has 2 aromatic rings. The molecule has 138 valence electrons. The number of aryl methyl sites for hydroxylation is 2. The highest BCUT2D eigenvalue weighted by molar-refractivity contribution is 5.95. The number of anilines is 2. The van der Waals surface area contributed by atoms with Gasteiger partial charge in [-0.05, 0) is 56.3 Å². The van der Waals surface area contributed by atoms with Gasteiger partial charge in [-0.1, -0.05) is 18.2 Å². The lowest BCUT2D eigenvalue weighted by Gasteiger charge is -2.35. The molecule has 0 bridgehead atoms. The summed E-state index contributed by atoms with van der Waals surface area (Å²) in [5.41, 5.74) is 4.28. The number of ether oxygens (including phenoxy) is 1. The molecule has 26 heavy (non-hydrogen) atoms. The fourth-order valence-corrected chi connectivity index (χ4v) is 3.04. The van der Waals surface area contributed by atoms with Crippen LogP contribution in [0.5, 0.6) is 5.75 Å². The van der Waals surface area contributed by atoms with Gasteiger partial charge in [0, 0.05) is 26.2 Å². The molecule has 1 fully saturated rings. The van der Waals surface area contributed by atoms with Gasteiger partial charge in [-0.25, -0.2) is 0 Å². The number of carbonyl (C=O) groups excluding carboxylic acids is 1. The van der Waals surface area contributed by atoms with Gasteiger partial charge in [-0.2, -0.15) is 0 Å². The summed E-state index contributed by atoms with van der Waals surface area (Å²) < 4.78 is 5.64. The number of rotatable bonds is 5. The number of piperazine rings is 1. The van der Waals surface area contributed by atoms with E-state index in [2.05, 4.69) is 35.2 Å². The van der Waals surface area contributed by atoms with E-state index >= 15 is 0 Å². The lowest BCUT2D eigenvalue weighted by atomic mass is 10.1. The van der Waals surface area contributed by atoms with Gasteiger partial charge in [0.2, 0.25) is 0 Å². The minimum Gasteiger partial charge on any atom is -0.484 e. The summed E-state index contributed by atoms with van der Waals surface area (Å²) >= 11 is 0. The molecule has 5 heteroatoms. The van der Waals surface area contributed by atoms with Crippen LogP contribution in [0.1, 0.15) is 11.1 Å². The van der Waals surface area contributed by atoms with E-state index in [9.17, 15) is 4.79 Å². The lowest BCUT2D eigenvalue weighted by Crippen LogP contribution is -2.44. The van der Waals surface area contributed by atoms with Crippen LogP contribution in [0, 0.1) is 13.8 Å². The molecule has 0 aromatic heterocycles. The average molecular weight is 353 g/mol. The number of likely N-dealkylation sites (N-methyl/N-ethyl adjacent to an activating group) is 1. The Morgan fingerprint density at radius 3 is 2.50 bits per heavy atom. The van der Waals surface area contributed by atoms with Crippen molar-refractivity contribution in [3.05, 3.63) is 53.6 Å². The molecule has 5 nitrogen and oxygen atoms in total. The van der Waals surface area contributed by atoms with E-state index in [1.54, 1.807) is 0 Å². The molecule has 1 saturated heterocycles. The Balaban J connectivity index is 1.61. The van der Waals surface area contributed by atoms with Crippen molar-refractivity contribution in [3.63, 3.8) is 0 Å². The van der Waals surface area contributed by atoms with Crippen molar-refractivity contribution < 1.29 is 9.53 Å². The Hall–Kier alpha value is -2.53. The first-order chi connectivity index (χ1) is 12.5. The summed E-state index contributed by atoms with van der Waals surface area (Å²) in [7, 11) is 2.13. The van der Waals surface area contributed by atoms with Gasteiger partial charge in [0.1, 0.15) is 5.75 Å². The van der Waals surface area contributed by atoms with Crippen molar-refractivity contribution in [3.8, 4) is 5.75 Å². The second-order valence-electron chi connectivity index (χ2n) is 6.89. The van der Waals surface area contributed by atoms with E-state index in [-0.39, 0.29) is 12.5 Å². The maximum absolute atomic E-state index is 12.4. The van der Waals surface area contributed by atoms with Crippen molar-refractivity contribution in [2.75, 3.05) is 50.1 Å². The number of carbonyl (C=O) groups is 1. The Bertz CT molecular complexity index is 768. The Labute approximate surface area is 155 Å². The van der Waals surface area contributed by atoms with Crippen molar-refractivity contribution in [1.29, 1.82) is 0 Å². The predicted molar refractivity (Wildman–Crippen MR) is 106 cm³/mol. The standard InChI is InChI=1S/C21H27N3O2/c1-16-8-9-18(14-17(16)2)26-15-21(25)22-19-6-4-5-7-20(19)24-12-10-23(3)11-13-24/h4-9,14H,10-13,15H2,1-3H3,(H,22,25). The zero-order valence-corrected chi connectivity index (χ0v) is 15.8. The predicted octanol–water partition coefficient (Wildman–Crippen LogP) is 3.07.